The minimum atomic E-state index is -0.275. The lowest BCUT2D eigenvalue weighted by atomic mass is 10.0. The van der Waals surface area contributed by atoms with Crippen LogP contribution in [0.2, 0.25) is 0 Å². The van der Waals surface area contributed by atoms with Crippen molar-refractivity contribution in [3.05, 3.63) is 41.5 Å². The first-order chi connectivity index (χ1) is 10.4. The van der Waals surface area contributed by atoms with Gasteiger partial charge in [-0.25, -0.2) is 0 Å². The van der Waals surface area contributed by atoms with Gasteiger partial charge in [0.15, 0.2) is 17.3 Å². The van der Waals surface area contributed by atoms with Crippen LogP contribution in [0.1, 0.15) is 22.3 Å². The summed E-state index contributed by atoms with van der Waals surface area (Å²) < 4.78 is 4.90. The SMILES string of the molecule is COc1ccc(C(=O)CCc2c(O)cc(O)cc2O)cc1O. The van der Waals surface area contributed by atoms with E-state index in [0.29, 0.717) is 5.56 Å². The summed E-state index contributed by atoms with van der Waals surface area (Å²) in [7, 11) is 1.41. The van der Waals surface area contributed by atoms with E-state index in [1.54, 1.807) is 0 Å². The third kappa shape index (κ3) is 3.22. The van der Waals surface area contributed by atoms with E-state index in [9.17, 15) is 25.2 Å². The molecular formula is C16H16O6. The van der Waals surface area contributed by atoms with Crippen LogP contribution >= 0.6 is 0 Å². The summed E-state index contributed by atoms with van der Waals surface area (Å²) in [5.41, 5.74) is 0.486. The van der Waals surface area contributed by atoms with E-state index in [-0.39, 0.29) is 52.9 Å². The molecule has 0 spiro atoms. The second kappa shape index (κ2) is 6.26. The average molecular weight is 304 g/mol. The molecule has 0 heterocycles. The standard InChI is InChI=1S/C16H16O6/c1-22-16-5-2-9(6-15(16)21)12(18)4-3-11-13(19)7-10(17)8-14(11)20/h2,5-8,17,19-21H,3-4H2,1H3. The van der Waals surface area contributed by atoms with Gasteiger partial charge in [-0.3, -0.25) is 4.79 Å². The van der Waals surface area contributed by atoms with Gasteiger partial charge in [0.2, 0.25) is 0 Å². The molecule has 0 fully saturated rings. The molecule has 4 N–H and O–H groups in total. The van der Waals surface area contributed by atoms with E-state index < -0.39 is 0 Å². The summed E-state index contributed by atoms with van der Waals surface area (Å²) >= 11 is 0. The first-order valence-corrected chi connectivity index (χ1v) is 6.56. The molecule has 2 aromatic carbocycles. The number of hydrogen-bond donors (Lipinski definition) is 4. The van der Waals surface area contributed by atoms with Gasteiger partial charge in [0.25, 0.3) is 0 Å². The molecule has 0 bridgehead atoms. The molecule has 0 aliphatic carbocycles. The summed E-state index contributed by atoms with van der Waals surface area (Å²) in [6.07, 6.45) is 0.126. The van der Waals surface area contributed by atoms with Crippen molar-refractivity contribution in [2.45, 2.75) is 12.8 Å². The molecule has 0 aromatic heterocycles. The van der Waals surface area contributed by atoms with Crippen LogP contribution in [0.3, 0.4) is 0 Å². The maximum Gasteiger partial charge on any atom is 0.163 e. The summed E-state index contributed by atoms with van der Waals surface area (Å²) in [4.78, 5) is 12.1. The number of carbonyl (C=O) groups excluding carboxylic acids is 1. The quantitative estimate of drug-likeness (QED) is 0.632. The number of hydrogen-bond acceptors (Lipinski definition) is 6. The highest BCUT2D eigenvalue weighted by molar-refractivity contribution is 5.96. The van der Waals surface area contributed by atoms with Crippen molar-refractivity contribution < 1.29 is 30.0 Å². The van der Waals surface area contributed by atoms with E-state index in [1.807, 2.05) is 0 Å². The van der Waals surface area contributed by atoms with Crippen LogP contribution in [-0.4, -0.2) is 33.3 Å². The lowest BCUT2D eigenvalue weighted by molar-refractivity contribution is 0.0982. The number of ketones is 1. The lowest BCUT2D eigenvalue weighted by Crippen LogP contribution is -2.02. The highest BCUT2D eigenvalue weighted by atomic mass is 16.5. The van der Waals surface area contributed by atoms with Gasteiger partial charge >= 0.3 is 0 Å². The molecule has 0 aliphatic rings. The zero-order valence-electron chi connectivity index (χ0n) is 11.9. The second-order valence-corrected chi connectivity index (χ2v) is 4.77. The molecule has 116 valence electrons. The number of aromatic hydroxyl groups is 4. The molecule has 2 rings (SSSR count). The Kier molecular flexibility index (Phi) is 4.41. The Labute approximate surface area is 126 Å². The van der Waals surface area contributed by atoms with Crippen LogP contribution in [0.15, 0.2) is 30.3 Å². The zero-order chi connectivity index (χ0) is 16.3. The average Bonchev–Trinajstić information content (AvgIpc) is 2.45. The number of rotatable bonds is 5. The van der Waals surface area contributed by atoms with Gasteiger partial charge < -0.3 is 25.2 Å². The predicted octanol–water partition coefficient (Wildman–Crippen LogP) is 2.33. The lowest BCUT2D eigenvalue weighted by Gasteiger charge is -2.08. The van der Waals surface area contributed by atoms with Gasteiger partial charge in [-0.15, -0.1) is 0 Å². The Bertz CT molecular complexity index is 685. The van der Waals surface area contributed by atoms with Crippen LogP contribution in [0.25, 0.3) is 0 Å². The molecule has 22 heavy (non-hydrogen) atoms. The predicted molar refractivity (Wildman–Crippen MR) is 78.7 cm³/mol. The fraction of sp³-hybridized carbons (Fsp3) is 0.188. The van der Waals surface area contributed by atoms with Crippen molar-refractivity contribution in [1.29, 1.82) is 0 Å². The fourth-order valence-electron chi connectivity index (χ4n) is 2.13. The Morgan fingerprint density at radius 3 is 2.18 bits per heavy atom. The normalized spacial score (nSPS) is 10.4. The van der Waals surface area contributed by atoms with Gasteiger partial charge in [-0.1, -0.05) is 0 Å². The van der Waals surface area contributed by atoms with Gasteiger partial charge in [-0.05, 0) is 24.6 Å². The summed E-state index contributed by atoms with van der Waals surface area (Å²) in [5.74, 6) is -0.935. The number of ether oxygens (including phenoxy) is 1. The molecule has 6 heteroatoms. The van der Waals surface area contributed by atoms with Gasteiger partial charge in [-0.2, -0.15) is 0 Å². The van der Waals surface area contributed by atoms with E-state index in [4.69, 9.17) is 4.74 Å². The van der Waals surface area contributed by atoms with Crippen molar-refractivity contribution in [2.24, 2.45) is 0 Å². The molecule has 2 aromatic rings. The zero-order valence-corrected chi connectivity index (χ0v) is 11.9. The Morgan fingerprint density at radius 2 is 1.64 bits per heavy atom. The number of phenolic OH excluding ortho intramolecular Hbond substituents is 4. The Morgan fingerprint density at radius 1 is 1.00 bits per heavy atom. The number of phenols is 4. The minimum Gasteiger partial charge on any atom is -0.508 e. The molecule has 0 saturated carbocycles. The van der Waals surface area contributed by atoms with Crippen molar-refractivity contribution in [2.75, 3.05) is 7.11 Å². The highest BCUT2D eigenvalue weighted by Gasteiger charge is 2.14. The second-order valence-electron chi connectivity index (χ2n) is 4.77. The molecule has 6 nitrogen and oxygen atoms in total. The van der Waals surface area contributed by atoms with Crippen molar-refractivity contribution in [1.82, 2.24) is 0 Å². The van der Waals surface area contributed by atoms with Crippen LogP contribution in [0, 0.1) is 0 Å². The Balaban J connectivity index is 2.12. The maximum atomic E-state index is 12.1. The molecule has 0 amide bonds. The largest absolute Gasteiger partial charge is 0.508 e. The first kappa shape index (κ1) is 15.5. The summed E-state index contributed by atoms with van der Waals surface area (Å²) in [6.45, 7) is 0. The smallest absolute Gasteiger partial charge is 0.163 e. The number of benzene rings is 2. The molecule has 0 unspecified atom stereocenters. The van der Waals surface area contributed by atoms with Crippen LogP contribution in [-0.2, 0) is 6.42 Å². The van der Waals surface area contributed by atoms with Crippen LogP contribution < -0.4 is 4.74 Å². The van der Waals surface area contributed by atoms with Crippen molar-refractivity contribution >= 4 is 5.78 Å². The molecule has 0 atom stereocenters. The van der Waals surface area contributed by atoms with Crippen LogP contribution in [0.4, 0.5) is 0 Å². The van der Waals surface area contributed by atoms with Gasteiger partial charge in [0.1, 0.15) is 17.2 Å². The third-order valence-electron chi connectivity index (χ3n) is 3.29. The molecule has 0 saturated heterocycles. The minimum absolute atomic E-state index is 0.0255. The van der Waals surface area contributed by atoms with Crippen LogP contribution in [0.5, 0.6) is 28.7 Å². The fourth-order valence-corrected chi connectivity index (χ4v) is 2.13. The molecular weight excluding hydrogens is 288 g/mol. The molecule has 0 aliphatic heterocycles. The number of methoxy groups -OCH3 is 1. The van der Waals surface area contributed by atoms with E-state index in [1.165, 1.54) is 25.3 Å². The summed E-state index contributed by atoms with van der Waals surface area (Å²) in [6, 6.07) is 6.50. The molecule has 0 radical (unpaired) electrons. The first-order valence-electron chi connectivity index (χ1n) is 6.56. The summed E-state index contributed by atoms with van der Waals surface area (Å²) in [5, 5.41) is 38.2. The maximum absolute atomic E-state index is 12.1. The topological polar surface area (TPSA) is 107 Å². The number of carbonyl (C=O) groups is 1. The Hall–Kier alpha value is -2.89. The number of Topliss-reactive ketones (excluding diaryl/α,β-unsaturated/α-hetero) is 1. The van der Waals surface area contributed by atoms with E-state index >= 15 is 0 Å². The van der Waals surface area contributed by atoms with E-state index in [0.717, 1.165) is 12.1 Å². The van der Waals surface area contributed by atoms with Gasteiger partial charge in [0, 0.05) is 29.7 Å². The van der Waals surface area contributed by atoms with Gasteiger partial charge in [0.05, 0.1) is 7.11 Å². The third-order valence-corrected chi connectivity index (χ3v) is 3.29. The highest BCUT2D eigenvalue weighted by Crippen LogP contribution is 2.33. The van der Waals surface area contributed by atoms with Crippen molar-refractivity contribution in [3.63, 3.8) is 0 Å². The monoisotopic (exact) mass is 304 g/mol. The van der Waals surface area contributed by atoms with E-state index in [2.05, 4.69) is 0 Å². The van der Waals surface area contributed by atoms with Crippen molar-refractivity contribution in [3.8, 4) is 28.7 Å².